The van der Waals surface area contributed by atoms with Crippen molar-refractivity contribution in [3.8, 4) is 11.5 Å². The van der Waals surface area contributed by atoms with Crippen LogP contribution in [0.2, 0.25) is 0 Å². The molecule has 1 aliphatic rings. The molecular formula is C17H25NO4S. The predicted molar refractivity (Wildman–Crippen MR) is 92.2 cm³/mol. The molecule has 2 rings (SSSR count). The van der Waals surface area contributed by atoms with Crippen molar-refractivity contribution in [1.29, 1.82) is 0 Å². The average molecular weight is 339 g/mol. The minimum absolute atomic E-state index is 0.0682. The van der Waals surface area contributed by atoms with Crippen LogP contribution in [-0.4, -0.2) is 60.3 Å². The fourth-order valence-electron chi connectivity index (χ4n) is 2.65. The molecular weight excluding hydrogens is 314 g/mol. The zero-order chi connectivity index (χ0) is 16.7. The van der Waals surface area contributed by atoms with Crippen LogP contribution < -0.4 is 9.47 Å². The van der Waals surface area contributed by atoms with Crippen molar-refractivity contribution in [1.82, 2.24) is 4.90 Å². The number of hydrogen-bond donors (Lipinski definition) is 1. The number of aliphatic hydroxyl groups is 1. The fraction of sp³-hybridized carbons (Fsp3) is 0.588. The van der Waals surface area contributed by atoms with E-state index in [4.69, 9.17) is 9.47 Å². The van der Waals surface area contributed by atoms with Gasteiger partial charge in [-0.1, -0.05) is 12.1 Å². The van der Waals surface area contributed by atoms with E-state index in [-0.39, 0.29) is 12.0 Å². The molecule has 0 bridgehead atoms. The molecule has 0 saturated carbocycles. The van der Waals surface area contributed by atoms with Crippen LogP contribution in [0.4, 0.5) is 0 Å². The zero-order valence-corrected chi connectivity index (χ0v) is 14.6. The quantitative estimate of drug-likeness (QED) is 0.825. The summed E-state index contributed by atoms with van der Waals surface area (Å²) >= 11 is 1.64. The molecule has 1 aliphatic heterocycles. The van der Waals surface area contributed by atoms with Gasteiger partial charge in [0, 0.05) is 25.9 Å². The van der Waals surface area contributed by atoms with Crippen LogP contribution in [0, 0.1) is 0 Å². The highest BCUT2D eigenvalue weighted by Gasteiger charge is 2.27. The van der Waals surface area contributed by atoms with Gasteiger partial charge in [-0.3, -0.25) is 4.79 Å². The van der Waals surface area contributed by atoms with Gasteiger partial charge < -0.3 is 19.5 Å². The Balaban J connectivity index is 1.83. The molecule has 1 amide bonds. The highest BCUT2D eigenvalue weighted by Crippen LogP contribution is 2.29. The van der Waals surface area contributed by atoms with Crippen molar-refractivity contribution in [3.05, 3.63) is 24.3 Å². The Bertz CT molecular complexity index is 503. The van der Waals surface area contributed by atoms with Crippen molar-refractivity contribution in [2.24, 2.45) is 0 Å². The van der Waals surface area contributed by atoms with Crippen LogP contribution in [0.25, 0.3) is 0 Å². The van der Waals surface area contributed by atoms with Gasteiger partial charge in [-0.25, -0.2) is 0 Å². The SMILES string of the molecule is COc1ccccc1OC1CCN(C(=O)[C@H](O)CCSC)CC1. The number of thioether (sulfide) groups is 1. The Labute approximate surface area is 142 Å². The summed E-state index contributed by atoms with van der Waals surface area (Å²) in [6, 6.07) is 7.58. The fourth-order valence-corrected chi connectivity index (χ4v) is 3.11. The van der Waals surface area contributed by atoms with Crippen LogP contribution in [-0.2, 0) is 4.79 Å². The molecule has 128 valence electrons. The third kappa shape index (κ3) is 5.04. The van der Waals surface area contributed by atoms with Gasteiger partial charge in [-0.2, -0.15) is 11.8 Å². The number of benzene rings is 1. The Morgan fingerprint density at radius 3 is 2.61 bits per heavy atom. The van der Waals surface area contributed by atoms with Gasteiger partial charge in [-0.05, 0) is 30.6 Å². The van der Waals surface area contributed by atoms with E-state index in [1.165, 1.54) is 0 Å². The Morgan fingerprint density at radius 2 is 2.00 bits per heavy atom. The molecule has 0 spiro atoms. The molecule has 23 heavy (non-hydrogen) atoms. The molecule has 0 aromatic heterocycles. The summed E-state index contributed by atoms with van der Waals surface area (Å²) in [7, 11) is 1.62. The topological polar surface area (TPSA) is 59.0 Å². The summed E-state index contributed by atoms with van der Waals surface area (Å²) in [5, 5.41) is 9.92. The first-order valence-electron chi connectivity index (χ1n) is 7.91. The monoisotopic (exact) mass is 339 g/mol. The number of likely N-dealkylation sites (tertiary alicyclic amines) is 1. The molecule has 1 aromatic carbocycles. The molecule has 6 heteroatoms. The lowest BCUT2D eigenvalue weighted by Gasteiger charge is -2.33. The van der Waals surface area contributed by atoms with Crippen molar-refractivity contribution in [2.45, 2.75) is 31.5 Å². The first kappa shape index (κ1) is 17.9. The summed E-state index contributed by atoms with van der Waals surface area (Å²) in [5.74, 6) is 2.09. The predicted octanol–water partition coefficient (Wildman–Crippen LogP) is 2.18. The van der Waals surface area contributed by atoms with Crippen LogP contribution in [0.15, 0.2) is 24.3 Å². The highest BCUT2D eigenvalue weighted by molar-refractivity contribution is 7.98. The van der Waals surface area contributed by atoms with E-state index in [2.05, 4.69) is 0 Å². The smallest absolute Gasteiger partial charge is 0.251 e. The van der Waals surface area contributed by atoms with E-state index < -0.39 is 6.10 Å². The number of para-hydroxylation sites is 2. The van der Waals surface area contributed by atoms with E-state index in [1.807, 2.05) is 30.5 Å². The Morgan fingerprint density at radius 1 is 1.35 bits per heavy atom. The number of carbonyl (C=O) groups excluding carboxylic acids is 1. The zero-order valence-electron chi connectivity index (χ0n) is 13.7. The number of amides is 1. The Hall–Kier alpha value is -1.40. The molecule has 1 N–H and O–H groups in total. The summed E-state index contributed by atoms with van der Waals surface area (Å²) in [6.45, 7) is 1.24. The van der Waals surface area contributed by atoms with Crippen molar-refractivity contribution in [3.63, 3.8) is 0 Å². The number of aliphatic hydroxyl groups excluding tert-OH is 1. The van der Waals surface area contributed by atoms with Crippen LogP contribution >= 0.6 is 11.8 Å². The standard InChI is InChI=1S/C17H25NO4S/c1-21-15-5-3-4-6-16(15)22-13-7-10-18(11-8-13)17(20)14(19)9-12-23-2/h3-6,13-14,19H,7-12H2,1-2H3/t14-/m1/s1. The maximum Gasteiger partial charge on any atom is 0.251 e. The lowest BCUT2D eigenvalue weighted by molar-refractivity contribution is -0.142. The van der Waals surface area contributed by atoms with Crippen molar-refractivity contribution >= 4 is 17.7 Å². The van der Waals surface area contributed by atoms with Gasteiger partial charge in [0.25, 0.3) is 5.91 Å². The average Bonchev–Trinajstić information content (AvgIpc) is 2.60. The van der Waals surface area contributed by atoms with Crippen LogP contribution in [0.1, 0.15) is 19.3 Å². The first-order valence-corrected chi connectivity index (χ1v) is 9.30. The van der Waals surface area contributed by atoms with Gasteiger partial charge in [-0.15, -0.1) is 0 Å². The molecule has 1 fully saturated rings. The molecule has 1 heterocycles. The van der Waals surface area contributed by atoms with Crippen LogP contribution in [0.3, 0.4) is 0 Å². The highest BCUT2D eigenvalue weighted by atomic mass is 32.2. The maximum atomic E-state index is 12.2. The number of methoxy groups -OCH3 is 1. The molecule has 1 aromatic rings. The first-order chi connectivity index (χ1) is 11.2. The van der Waals surface area contributed by atoms with Crippen LogP contribution in [0.5, 0.6) is 11.5 Å². The van der Waals surface area contributed by atoms with Gasteiger partial charge in [0.2, 0.25) is 0 Å². The number of hydrogen-bond acceptors (Lipinski definition) is 5. The molecule has 1 saturated heterocycles. The Kier molecular flexibility index (Phi) is 7.05. The largest absolute Gasteiger partial charge is 0.493 e. The molecule has 5 nitrogen and oxygen atoms in total. The van der Waals surface area contributed by atoms with E-state index >= 15 is 0 Å². The van der Waals surface area contributed by atoms with Gasteiger partial charge in [0.05, 0.1) is 7.11 Å². The normalized spacial score (nSPS) is 16.9. The maximum absolute atomic E-state index is 12.2. The second-order valence-electron chi connectivity index (χ2n) is 5.59. The third-order valence-corrected chi connectivity index (χ3v) is 4.64. The van der Waals surface area contributed by atoms with Gasteiger partial charge in [0.1, 0.15) is 12.2 Å². The van der Waals surface area contributed by atoms with Gasteiger partial charge in [0.15, 0.2) is 11.5 Å². The second-order valence-corrected chi connectivity index (χ2v) is 6.58. The number of rotatable bonds is 7. The second kappa shape index (κ2) is 9.03. The minimum Gasteiger partial charge on any atom is -0.493 e. The summed E-state index contributed by atoms with van der Waals surface area (Å²) in [6.07, 6.45) is 3.20. The third-order valence-electron chi connectivity index (χ3n) is 4.00. The number of ether oxygens (including phenoxy) is 2. The molecule has 1 atom stereocenters. The van der Waals surface area contributed by atoms with E-state index in [0.717, 1.165) is 30.1 Å². The summed E-state index contributed by atoms with van der Waals surface area (Å²) in [5.41, 5.74) is 0. The van der Waals surface area contributed by atoms with E-state index in [9.17, 15) is 9.90 Å². The number of piperidine rings is 1. The van der Waals surface area contributed by atoms with E-state index in [0.29, 0.717) is 19.5 Å². The summed E-state index contributed by atoms with van der Waals surface area (Å²) < 4.78 is 11.3. The lowest BCUT2D eigenvalue weighted by atomic mass is 10.1. The van der Waals surface area contributed by atoms with E-state index in [1.54, 1.807) is 23.8 Å². The van der Waals surface area contributed by atoms with Gasteiger partial charge >= 0.3 is 0 Å². The van der Waals surface area contributed by atoms with Crippen molar-refractivity contribution in [2.75, 3.05) is 32.2 Å². The number of nitrogens with zero attached hydrogens (tertiary/aromatic N) is 1. The molecule has 0 radical (unpaired) electrons. The minimum atomic E-state index is -0.880. The number of carbonyl (C=O) groups is 1. The molecule has 0 aliphatic carbocycles. The lowest BCUT2D eigenvalue weighted by Crippen LogP contribution is -2.46. The van der Waals surface area contributed by atoms with Crippen molar-refractivity contribution < 1.29 is 19.4 Å². The molecule has 0 unspecified atom stereocenters. The summed E-state index contributed by atoms with van der Waals surface area (Å²) in [4.78, 5) is 13.9.